The summed E-state index contributed by atoms with van der Waals surface area (Å²) in [6, 6.07) is 0. The summed E-state index contributed by atoms with van der Waals surface area (Å²) in [5, 5.41) is 0.376. The summed E-state index contributed by atoms with van der Waals surface area (Å²) < 4.78 is 11.2. The van der Waals surface area contributed by atoms with Gasteiger partial charge in [0.25, 0.3) is 0 Å². The van der Waals surface area contributed by atoms with Gasteiger partial charge in [0.05, 0.1) is 25.1 Å². The molecule has 2 aliphatic rings. The van der Waals surface area contributed by atoms with Crippen molar-refractivity contribution >= 4 is 16.9 Å². The molecule has 0 saturated carbocycles. The lowest BCUT2D eigenvalue weighted by molar-refractivity contribution is -0.107. The molecule has 0 N–H and O–H groups in total. The normalized spacial score (nSPS) is 22.0. The van der Waals surface area contributed by atoms with E-state index in [1.807, 2.05) is 13.8 Å². The molecule has 4 nitrogen and oxygen atoms in total. The quantitative estimate of drug-likeness (QED) is 0.477. The van der Waals surface area contributed by atoms with Gasteiger partial charge in [-0.15, -0.1) is 0 Å². The van der Waals surface area contributed by atoms with Crippen molar-refractivity contribution in [1.29, 1.82) is 0 Å². The zero-order valence-corrected chi connectivity index (χ0v) is 16.9. The van der Waals surface area contributed by atoms with Crippen molar-refractivity contribution in [3.63, 3.8) is 0 Å². The average molecular weight is 370 g/mol. The minimum Gasteiger partial charge on any atom is -0.496 e. The molecule has 144 valence electrons. The summed E-state index contributed by atoms with van der Waals surface area (Å²) in [7, 11) is 0. The zero-order chi connectivity index (χ0) is 17.9. The van der Waals surface area contributed by atoms with E-state index in [1.165, 1.54) is 63.3 Å². The lowest BCUT2D eigenvalue weighted by Gasteiger charge is -2.26. The molecule has 1 unspecified atom stereocenters. The highest BCUT2D eigenvalue weighted by molar-refractivity contribution is 8.15. The van der Waals surface area contributed by atoms with E-state index in [1.54, 1.807) is 0 Å². The van der Waals surface area contributed by atoms with Crippen molar-refractivity contribution in [1.82, 2.24) is 4.90 Å². The third-order valence-electron chi connectivity index (χ3n) is 5.06. The third-order valence-corrected chi connectivity index (χ3v) is 6.15. The van der Waals surface area contributed by atoms with Crippen LogP contribution in [0.15, 0.2) is 11.3 Å². The van der Waals surface area contributed by atoms with Crippen LogP contribution in [0.5, 0.6) is 0 Å². The topological polar surface area (TPSA) is 38.8 Å². The minimum absolute atomic E-state index is 0.177. The molecule has 5 heteroatoms. The lowest BCUT2D eigenvalue weighted by atomic mass is 10.1. The van der Waals surface area contributed by atoms with Gasteiger partial charge in [0, 0.05) is 18.7 Å². The maximum atomic E-state index is 11.6. The SMILES string of the molecule is CC1=C(OCCCCCCCCCCN2CCOCC2)C(C)SC1=O. The molecule has 0 aromatic heterocycles. The predicted octanol–water partition coefficient (Wildman–Crippen LogP) is 4.39. The van der Waals surface area contributed by atoms with Crippen molar-refractivity contribution in [2.75, 3.05) is 39.5 Å². The summed E-state index contributed by atoms with van der Waals surface area (Å²) in [6.07, 6.45) is 10.4. The number of rotatable bonds is 12. The second-order valence-electron chi connectivity index (χ2n) is 7.17. The van der Waals surface area contributed by atoms with Crippen molar-refractivity contribution in [2.24, 2.45) is 0 Å². The van der Waals surface area contributed by atoms with Crippen molar-refractivity contribution in [3.8, 4) is 0 Å². The lowest BCUT2D eigenvalue weighted by Crippen LogP contribution is -2.36. The summed E-state index contributed by atoms with van der Waals surface area (Å²) in [4.78, 5) is 14.1. The van der Waals surface area contributed by atoms with E-state index in [2.05, 4.69) is 4.90 Å². The third kappa shape index (κ3) is 7.71. The van der Waals surface area contributed by atoms with Gasteiger partial charge in [-0.1, -0.05) is 50.3 Å². The van der Waals surface area contributed by atoms with Gasteiger partial charge in [-0.25, -0.2) is 0 Å². The Hall–Kier alpha value is -0.520. The number of carbonyl (C=O) groups is 1. The van der Waals surface area contributed by atoms with Crippen LogP contribution < -0.4 is 0 Å². The van der Waals surface area contributed by atoms with Crippen LogP contribution in [0.1, 0.15) is 65.2 Å². The minimum atomic E-state index is 0.177. The number of ether oxygens (including phenoxy) is 2. The summed E-state index contributed by atoms with van der Waals surface area (Å²) in [5.74, 6) is 0.912. The number of morpholine rings is 1. The van der Waals surface area contributed by atoms with Gasteiger partial charge in [-0.2, -0.15) is 0 Å². The molecule has 2 heterocycles. The number of carbonyl (C=O) groups excluding carboxylic acids is 1. The van der Waals surface area contributed by atoms with E-state index in [-0.39, 0.29) is 10.4 Å². The van der Waals surface area contributed by atoms with E-state index < -0.39 is 0 Å². The summed E-state index contributed by atoms with van der Waals surface area (Å²) in [6.45, 7) is 9.98. The van der Waals surface area contributed by atoms with Gasteiger partial charge in [0.1, 0.15) is 5.76 Å². The van der Waals surface area contributed by atoms with Crippen LogP contribution in [0.25, 0.3) is 0 Å². The second kappa shape index (κ2) is 12.0. The van der Waals surface area contributed by atoms with E-state index >= 15 is 0 Å². The van der Waals surface area contributed by atoms with Crippen molar-refractivity contribution in [3.05, 3.63) is 11.3 Å². The Labute approximate surface area is 157 Å². The number of nitrogens with zero attached hydrogens (tertiary/aromatic N) is 1. The van der Waals surface area contributed by atoms with Gasteiger partial charge in [0.2, 0.25) is 5.12 Å². The Morgan fingerprint density at radius 1 is 1.04 bits per heavy atom. The fourth-order valence-electron chi connectivity index (χ4n) is 3.44. The van der Waals surface area contributed by atoms with Crippen LogP contribution in [0, 0.1) is 0 Å². The van der Waals surface area contributed by atoms with Crippen LogP contribution in [0.2, 0.25) is 0 Å². The molecule has 0 bridgehead atoms. The number of hydrogen-bond donors (Lipinski definition) is 0. The van der Waals surface area contributed by atoms with E-state index in [4.69, 9.17) is 9.47 Å². The predicted molar refractivity (Wildman–Crippen MR) is 105 cm³/mol. The molecule has 1 fully saturated rings. The van der Waals surface area contributed by atoms with Gasteiger partial charge in [-0.05, 0) is 33.2 Å². The standard InChI is InChI=1S/C20H35NO3S/c1-17-19(18(2)25-20(17)22)24-14-10-8-6-4-3-5-7-9-11-21-12-15-23-16-13-21/h18H,3-16H2,1-2H3. The molecule has 2 aliphatic heterocycles. The fraction of sp³-hybridized carbons (Fsp3) is 0.850. The second-order valence-corrected chi connectivity index (χ2v) is 8.48. The Balaban J connectivity index is 1.36. The van der Waals surface area contributed by atoms with Crippen molar-refractivity contribution < 1.29 is 14.3 Å². The van der Waals surface area contributed by atoms with Crippen LogP contribution in [-0.4, -0.2) is 54.7 Å². The highest BCUT2D eigenvalue weighted by Gasteiger charge is 2.28. The molecular formula is C20H35NO3S. The molecule has 2 rings (SSSR count). The Kier molecular flexibility index (Phi) is 9.96. The van der Waals surface area contributed by atoms with Gasteiger partial charge in [-0.3, -0.25) is 9.69 Å². The number of thioether (sulfide) groups is 1. The number of hydrogen-bond acceptors (Lipinski definition) is 5. The molecule has 0 aromatic carbocycles. The van der Waals surface area contributed by atoms with Crippen LogP contribution in [0.3, 0.4) is 0 Å². The smallest absolute Gasteiger partial charge is 0.219 e. The Morgan fingerprint density at radius 3 is 2.24 bits per heavy atom. The van der Waals surface area contributed by atoms with E-state index in [9.17, 15) is 4.79 Å². The molecule has 0 aliphatic carbocycles. The monoisotopic (exact) mass is 369 g/mol. The molecule has 0 amide bonds. The highest BCUT2D eigenvalue weighted by atomic mass is 32.2. The molecule has 25 heavy (non-hydrogen) atoms. The summed E-state index contributed by atoms with van der Waals surface area (Å²) in [5.41, 5.74) is 0.814. The van der Waals surface area contributed by atoms with Gasteiger partial charge in [0.15, 0.2) is 0 Å². The molecule has 0 radical (unpaired) electrons. The van der Waals surface area contributed by atoms with Gasteiger partial charge >= 0.3 is 0 Å². The molecule has 1 atom stereocenters. The first-order valence-electron chi connectivity index (χ1n) is 10.0. The largest absolute Gasteiger partial charge is 0.496 e. The van der Waals surface area contributed by atoms with Gasteiger partial charge < -0.3 is 9.47 Å². The van der Waals surface area contributed by atoms with Crippen LogP contribution in [0.4, 0.5) is 0 Å². The Morgan fingerprint density at radius 2 is 1.64 bits per heavy atom. The average Bonchev–Trinajstić information content (AvgIpc) is 2.86. The van der Waals surface area contributed by atoms with Crippen LogP contribution in [-0.2, 0) is 14.3 Å². The first-order chi connectivity index (χ1) is 12.2. The summed E-state index contributed by atoms with van der Waals surface area (Å²) >= 11 is 1.38. The Bertz CT molecular complexity index is 433. The first-order valence-corrected chi connectivity index (χ1v) is 10.9. The van der Waals surface area contributed by atoms with Crippen LogP contribution >= 0.6 is 11.8 Å². The number of unbranched alkanes of at least 4 members (excludes halogenated alkanes) is 7. The first kappa shape index (κ1) is 20.8. The highest BCUT2D eigenvalue weighted by Crippen LogP contribution is 2.34. The van der Waals surface area contributed by atoms with Crippen molar-refractivity contribution in [2.45, 2.75) is 70.5 Å². The maximum absolute atomic E-state index is 11.6. The van der Waals surface area contributed by atoms with E-state index in [0.29, 0.717) is 0 Å². The molecular weight excluding hydrogens is 334 g/mol. The molecule has 0 aromatic rings. The maximum Gasteiger partial charge on any atom is 0.219 e. The van der Waals surface area contributed by atoms with E-state index in [0.717, 1.165) is 50.7 Å². The fourth-order valence-corrected chi connectivity index (χ4v) is 4.39. The molecule has 1 saturated heterocycles. The zero-order valence-electron chi connectivity index (χ0n) is 16.1. The molecule has 0 spiro atoms.